The molecule has 0 atom stereocenters. The summed E-state index contributed by atoms with van der Waals surface area (Å²) in [7, 11) is 2.65. The first-order valence-corrected chi connectivity index (χ1v) is 7.18. The zero-order valence-corrected chi connectivity index (χ0v) is 16.3. The molecule has 6 nitrogen and oxygen atoms in total. The van der Waals surface area contributed by atoms with Gasteiger partial charge in [0, 0.05) is 13.6 Å². The second-order valence-electron chi connectivity index (χ2n) is 5.09. The van der Waals surface area contributed by atoms with Gasteiger partial charge in [-0.05, 0) is 24.1 Å². The standard InChI is InChI=1S/C15H21F3N4O2.HI/c1-22(10-15(16,17)18)13(23)9-21-14(19)20-8-7-11-3-5-12(24-2)6-4-11;/h3-6H,7-10H2,1-2H3,(H3,19,20,21);1H. The lowest BCUT2D eigenvalue weighted by Crippen LogP contribution is -2.38. The third-order valence-corrected chi connectivity index (χ3v) is 3.11. The van der Waals surface area contributed by atoms with Crippen LogP contribution in [0, 0.1) is 0 Å². The van der Waals surface area contributed by atoms with Crippen LogP contribution in [0.2, 0.25) is 0 Å². The van der Waals surface area contributed by atoms with Crippen molar-refractivity contribution in [2.45, 2.75) is 12.6 Å². The lowest BCUT2D eigenvalue weighted by Gasteiger charge is -2.17. The average molecular weight is 474 g/mol. The summed E-state index contributed by atoms with van der Waals surface area (Å²) in [6.07, 6.45) is -3.77. The molecule has 0 heterocycles. The van der Waals surface area contributed by atoms with Crippen molar-refractivity contribution in [3.63, 3.8) is 0 Å². The molecule has 1 rings (SSSR count). The molecule has 0 spiro atoms. The maximum atomic E-state index is 12.2. The van der Waals surface area contributed by atoms with Gasteiger partial charge < -0.3 is 20.7 Å². The van der Waals surface area contributed by atoms with Crippen molar-refractivity contribution in [1.29, 1.82) is 0 Å². The van der Waals surface area contributed by atoms with Crippen molar-refractivity contribution in [3.05, 3.63) is 29.8 Å². The lowest BCUT2D eigenvalue weighted by atomic mass is 10.1. The fraction of sp³-hybridized carbons (Fsp3) is 0.467. The van der Waals surface area contributed by atoms with Crippen molar-refractivity contribution >= 4 is 35.8 Å². The number of guanidine groups is 1. The van der Waals surface area contributed by atoms with Gasteiger partial charge in [0.2, 0.25) is 5.91 Å². The molecule has 0 unspecified atom stereocenters. The first-order chi connectivity index (χ1) is 11.2. The van der Waals surface area contributed by atoms with Crippen LogP contribution in [-0.4, -0.2) is 56.7 Å². The van der Waals surface area contributed by atoms with Crippen molar-refractivity contribution in [3.8, 4) is 5.75 Å². The fourth-order valence-corrected chi connectivity index (χ4v) is 1.81. The lowest BCUT2D eigenvalue weighted by molar-refractivity contribution is -0.157. The predicted molar refractivity (Wildman–Crippen MR) is 100 cm³/mol. The molecule has 0 saturated heterocycles. The van der Waals surface area contributed by atoms with Crippen LogP contribution >= 0.6 is 24.0 Å². The summed E-state index contributed by atoms with van der Waals surface area (Å²) < 4.78 is 41.6. The molecule has 0 radical (unpaired) electrons. The van der Waals surface area contributed by atoms with E-state index in [4.69, 9.17) is 10.5 Å². The molecule has 10 heteroatoms. The normalized spacial score (nSPS) is 11.5. The summed E-state index contributed by atoms with van der Waals surface area (Å²) in [5.41, 5.74) is 6.64. The van der Waals surface area contributed by atoms with E-state index in [0.717, 1.165) is 18.4 Å². The van der Waals surface area contributed by atoms with Crippen molar-refractivity contribution in [2.75, 3.05) is 33.8 Å². The van der Waals surface area contributed by atoms with Gasteiger partial charge in [0.1, 0.15) is 18.8 Å². The smallest absolute Gasteiger partial charge is 0.406 e. The average Bonchev–Trinajstić information content (AvgIpc) is 2.51. The van der Waals surface area contributed by atoms with E-state index >= 15 is 0 Å². The van der Waals surface area contributed by atoms with Gasteiger partial charge in [-0.2, -0.15) is 13.2 Å². The first kappa shape index (κ1) is 23.3. The Hall–Kier alpha value is -1.72. The summed E-state index contributed by atoms with van der Waals surface area (Å²) in [5, 5.41) is 2.81. The molecule has 0 aliphatic carbocycles. The van der Waals surface area contributed by atoms with Gasteiger partial charge in [-0.25, -0.2) is 4.99 Å². The van der Waals surface area contributed by atoms with E-state index in [-0.39, 0.29) is 29.9 Å². The number of ether oxygens (including phenoxy) is 1. The Morgan fingerprint density at radius 1 is 1.32 bits per heavy atom. The highest BCUT2D eigenvalue weighted by molar-refractivity contribution is 14.0. The van der Waals surface area contributed by atoms with Crippen LogP contribution in [0.3, 0.4) is 0 Å². The number of hydrogen-bond acceptors (Lipinski definition) is 3. The Labute approximate surface area is 161 Å². The highest BCUT2D eigenvalue weighted by Gasteiger charge is 2.30. The number of carbonyl (C=O) groups is 1. The Morgan fingerprint density at radius 2 is 1.92 bits per heavy atom. The van der Waals surface area contributed by atoms with Crippen LogP contribution in [-0.2, 0) is 11.2 Å². The number of rotatable bonds is 7. The Kier molecular flexibility index (Phi) is 10.2. The number of nitrogens with one attached hydrogen (secondary N) is 1. The molecule has 3 N–H and O–H groups in total. The van der Waals surface area contributed by atoms with E-state index < -0.39 is 25.2 Å². The van der Waals surface area contributed by atoms with Crippen molar-refractivity contribution < 1.29 is 22.7 Å². The first-order valence-electron chi connectivity index (χ1n) is 7.18. The van der Waals surface area contributed by atoms with E-state index in [9.17, 15) is 18.0 Å². The number of benzene rings is 1. The Morgan fingerprint density at radius 3 is 2.44 bits per heavy atom. The third kappa shape index (κ3) is 9.99. The molecule has 0 aliphatic rings. The summed E-state index contributed by atoms with van der Waals surface area (Å²) in [6, 6.07) is 7.48. The topological polar surface area (TPSA) is 80.0 Å². The van der Waals surface area contributed by atoms with Gasteiger partial charge in [0.25, 0.3) is 0 Å². The zero-order valence-electron chi connectivity index (χ0n) is 14.0. The summed E-state index contributed by atoms with van der Waals surface area (Å²) >= 11 is 0. The van der Waals surface area contributed by atoms with Gasteiger partial charge >= 0.3 is 6.18 Å². The minimum absolute atomic E-state index is 0. The van der Waals surface area contributed by atoms with Gasteiger partial charge in [-0.15, -0.1) is 24.0 Å². The Bertz CT molecular complexity index is 565. The number of methoxy groups -OCH3 is 1. The van der Waals surface area contributed by atoms with Gasteiger partial charge in [-0.3, -0.25) is 4.79 Å². The van der Waals surface area contributed by atoms with E-state index in [1.54, 1.807) is 7.11 Å². The number of nitrogens with two attached hydrogens (primary N) is 1. The van der Waals surface area contributed by atoms with Crippen LogP contribution in [0.4, 0.5) is 13.2 Å². The largest absolute Gasteiger partial charge is 0.497 e. The monoisotopic (exact) mass is 474 g/mol. The SMILES string of the molecule is COc1ccc(CCNC(N)=NCC(=O)N(C)CC(F)(F)F)cc1.I. The van der Waals surface area contributed by atoms with Crippen LogP contribution in [0.1, 0.15) is 5.56 Å². The molecule has 0 fully saturated rings. The van der Waals surface area contributed by atoms with Gasteiger partial charge in [0.05, 0.1) is 7.11 Å². The maximum Gasteiger partial charge on any atom is 0.406 e. The molecule has 0 bridgehead atoms. The molecule has 0 aliphatic heterocycles. The number of halogens is 4. The number of amides is 1. The summed E-state index contributed by atoms with van der Waals surface area (Å²) in [4.78, 5) is 15.8. The number of aliphatic imine (C=N–C) groups is 1. The highest BCUT2D eigenvalue weighted by atomic mass is 127. The molecular weight excluding hydrogens is 452 g/mol. The molecule has 0 saturated carbocycles. The zero-order chi connectivity index (χ0) is 18.2. The molecule has 25 heavy (non-hydrogen) atoms. The van der Waals surface area contributed by atoms with Crippen LogP contribution in [0.5, 0.6) is 5.75 Å². The molecule has 0 aromatic heterocycles. The maximum absolute atomic E-state index is 12.2. The fourth-order valence-electron chi connectivity index (χ4n) is 1.81. The minimum atomic E-state index is -4.43. The van der Waals surface area contributed by atoms with E-state index in [1.165, 1.54) is 0 Å². The molecule has 1 aromatic rings. The Balaban J connectivity index is 0.00000576. The van der Waals surface area contributed by atoms with Gasteiger partial charge in [0.15, 0.2) is 5.96 Å². The summed E-state index contributed by atoms with van der Waals surface area (Å²) in [6.45, 7) is -1.27. The number of carbonyl (C=O) groups excluding carboxylic acids is 1. The summed E-state index contributed by atoms with van der Waals surface area (Å²) in [5.74, 6) is 0.0128. The number of likely N-dealkylation sites (N-methyl/N-ethyl adjacent to an activating group) is 1. The van der Waals surface area contributed by atoms with Crippen molar-refractivity contribution in [2.24, 2.45) is 10.7 Å². The van der Waals surface area contributed by atoms with Crippen LogP contribution < -0.4 is 15.8 Å². The third-order valence-electron chi connectivity index (χ3n) is 3.11. The highest BCUT2D eigenvalue weighted by Crippen LogP contribution is 2.15. The molecular formula is C15H22F3IN4O2. The second-order valence-corrected chi connectivity index (χ2v) is 5.09. The van der Waals surface area contributed by atoms with E-state index in [0.29, 0.717) is 17.9 Å². The number of hydrogen-bond donors (Lipinski definition) is 2. The number of nitrogens with zero attached hydrogens (tertiary/aromatic N) is 2. The number of alkyl halides is 3. The van der Waals surface area contributed by atoms with Crippen LogP contribution in [0.25, 0.3) is 0 Å². The van der Waals surface area contributed by atoms with E-state index in [2.05, 4.69) is 10.3 Å². The molecule has 142 valence electrons. The quantitative estimate of drug-likeness (QED) is 0.359. The van der Waals surface area contributed by atoms with Crippen molar-refractivity contribution in [1.82, 2.24) is 10.2 Å². The second kappa shape index (κ2) is 11.0. The minimum Gasteiger partial charge on any atom is -0.497 e. The molecule has 1 amide bonds. The van der Waals surface area contributed by atoms with Crippen LogP contribution in [0.15, 0.2) is 29.3 Å². The molecule has 1 aromatic carbocycles. The van der Waals surface area contributed by atoms with E-state index in [1.807, 2.05) is 24.3 Å². The predicted octanol–water partition coefficient (Wildman–Crippen LogP) is 1.78. The van der Waals surface area contributed by atoms with Gasteiger partial charge in [-0.1, -0.05) is 12.1 Å².